The van der Waals surface area contributed by atoms with E-state index in [0.29, 0.717) is 11.9 Å². The van der Waals surface area contributed by atoms with E-state index in [1.165, 1.54) is 6.42 Å². The van der Waals surface area contributed by atoms with Gasteiger partial charge in [0, 0.05) is 18.5 Å². The standard InChI is InChI=1S/C13H24ClNO2/c1-13(2,3)17-12(16)15-10-5-4-7-11(15)8-6-9-14/h11H,4-10H2,1-3H3. The van der Waals surface area contributed by atoms with Crippen LogP contribution in [0.3, 0.4) is 0 Å². The van der Waals surface area contributed by atoms with Crippen molar-refractivity contribution in [2.45, 2.75) is 64.5 Å². The molecule has 100 valence electrons. The molecule has 1 rings (SSSR count). The van der Waals surface area contributed by atoms with E-state index in [4.69, 9.17) is 16.3 Å². The van der Waals surface area contributed by atoms with Crippen LogP contribution in [0.25, 0.3) is 0 Å². The van der Waals surface area contributed by atoms with E-state index in [0.717, 1.165) is 32.2 Å². The third-order valence-electron chi connectivity index (χ3n) is 2.93. The molecule has 0 radical (unpaired) electrons. The lowest BCUT2D eigenvalue weighted by molar-refractivity contribution is 0.00883. The minimum Gasteiger partial charge on any atom is -0.444 e. The van der Waals surface area contributed by atoms with Gasteiger partial charge < -0.3 is 9.64 Å². The highest BCUT2D eigenvalue weighted by molar-refractivity contribution is 6.17. The molecule has 4 heteroatoms. The summed E-state index contributed by atoms with van der Waals surface area (Å²) in [6, 6.07) is 0.317. The highest BCUT2D eigenvalue weighted by Gasteiger charge is 2.29. The van der Waals surface area contributed by atoms with Crippen LogP contribution in [0, 0.1) is 0 Å². The Bertz CT molecular complexity index is 250. The van der Waals surface area contributed by atoms with Gasteiger partial charge in [-0.2, -0.15) is 0 Å². The summed E-state index contributed by atoms with van der Waals surface area (Å²) in [5.41, 5.74) is -0.411. The Hall–Kier alpha value is -0.440. The van der Waals surface area contributed by atoms with Gasteiger partial charge in [0.25, 0.3) is 0 Å². The first-order chi connectivity index (χ1) is 7.94. The van der Waals surface area contributed by atoms with Crippen LogP contribution in [0.5, 0.6) is 0 Å². The molecule has 1 amide bonds. The highest BCUT2D eigenvalue weighted by Crippen LogP contribution is 2.23. The Morgan fingerprint density at radius 2 is 2.12 bits per heavy atom. The van der Waals surface area contributed by atoms with E-state index in [-0.39, 0.29) is 6.09 Å². The van der Waals surface area contributed by atoms with E-state index in [2.05, 4.69) is 0 Å². The smallest absolute Gasteiger partial charge is 0.410 e. The molecule has 1 fully saturated rings. The van der Waals surface area contributed by atoms with Crippen LogP contribution in [0.1, 0.15) is 52.9 Å². The second-order valence-electron chi connectivity index (χ2n) is 5.65. The summed E-state index contributed by atoms with van der Waals surface area (Å²) >= 11 is 5.72. The number of hydrogen-bond acceptors (Lipinski definition) is 2. The molecular formula is C13H24ClNO2. The van der Waals surface area contributed by atoms with Gasteiger partial charge in [-0.25, -0.2) is 4.79 Å². The number of ether oxygens (including phenoxy) is 1. The lowest BCUT2D eigenvalue weighted by Gasteiger charge is -2.36. The number of hydrogen-bond donors (Lipinski definition) is 0. The van der Waals surface area contributed by atoms with Crippen LogP contribution in [0.2, 0.25) is 0 Å². The summed E-state index contributed by atoms with van der Waals surface area (Å²) < 4.78 is 5.44. The molecule has 1 atom stereocenters. The number of nitrogens with zero attached hydrogens (tertiary/aromatic N) is 1. The molecule has 1 unspecified atom stereocenters. The average molecular weight is 262 g/mol. The Morgan fingerprint density at radius 1 is 1.41 bits per heavy atom. The predicted octanol–water partition coefficient (Wildman–Crippen LogP) is 3.80. The van der Waals surface area contributed by atoms with Gasteiger partial charge >= 0.3 is 6.09 Å². The van der Waals surface area contributed by atoms with E-state index in [1.54, 1.807) is 0 Å². The molecular weight excluding hydrogens is 238 g/mol. The van der Waals surface area contributed by atoms with Gasteiger partial charge in [0.2, 0.25) is 0 Å². The summed E-state index contributed by atoms with van der Waals surface area (Å²) in [6.07, 6.45) is 5.14. The fourth-order valence-electron chi connectivity index (χ4n) is 2.17. The molecule has 1 aliphatic heterocycles. The molecule has 0 spiro atoms. The van der Waals surface area contributed by atoms with E-state index < -0.39 is 5.60 Å². The molecule has 0 bridgehead atoms. The SMILES string of the molecule is CC(C)(C)OC(=O)N1CCCCC1CCCCl. The topological polar surface area (TPSA) is 29.5 Å². The summed E-state index contributed by atoms with van der Waals surface area (Å²) in [5.74, 6) is 0.665. The third-order valence-corrected chi connectivity index (χ3v) is 3.19. The van der Waals surface area contributed by atoms with Crippen molar-refractivity contribution in [3.8, 4) is 0 Å². The lowest BCUT2D eigenvalue weighted by Crippen LogP contribution is -2.46. The van der Waals surface area contributed by atoms with Gasteiger partial charge in [0.15, 0.2) is 0 Å². The minimum atomic E-state index is -0.411. The maximum atomic E-state index is 12.1. The molecule has 3 nitrogen and oxygen atoms in total. The maximum absolute atomic E-state index is 12.1. The van der Waals surface area contributed by atoms with Crippen LogP contribution in [0.15, 0.2) is 0 Å². The van der Waals surface area contributed by atoms with Gasteiger partial charge in [-0.3, -0.25) is 0 Å². The van der Waals surface area contributed by atoms with E-state index in [1.807, 2.05) is 25.7 Å². The van der Waals surface area contributed by atoms with Crippen molar-refractivity contribution in [2.24, 2.45) is 0 Å². The number of piperidine rings is 1. The molecule has 0 N–H and O–H groups in total. The molecule has 0 aromatic rings. The van der Waals surface area contributed by atoms with Gasteiger partial charge in [-0.1, -0.05) is 0 Å². The van der Waals surface area contributed by atoms with Crippen LogP contribution in [-0.2, 0) is 4.74 Å². The van der Waals surface area contributed by atoms with Gasteiger partial charge in [0.05, 0.1) is 0 Å². The van der Waals surface area contributed by atoms with Crippen molar-refractivity contribution >= 4 is 17.7 Å². The second kappa shape index (κ2) is 6.48. The molecule has 1 heterocycles. The normalized spacial score (nSPS) is 21.4. The number of halogens is 1. The zero-order chi connectivity index (χ0) is 12.9. The van der Waals surface area contributed by atoms with Crippen LogP contribution < -0.4 is 0 Å². The number of amides is 1. The minimum absolute atomic E-state index is 0.170. The first-order valence-electron chi connectivity index (χ1n) is 6.49. The largest absolute Gasteiger partial charge is 0.444 e. The lowest BCUT2D eigenvalue weighted by atomic mass is 9.99. The molecule has 0 aliphatic carbocycles. The van der Waals surface area contributed by atoms with Crippen molar-refractivity contribution in [1.82, 2.24) is 4.90 Å². The Balaban J connectivity index is 2.54. The summed E-state index contributed by atoms with van der Waals surface area (Å²) in [4.78, 5) is 13.9. The zero-order valence-corrected chi connectivity index (χ0v) is 11.9. The van der Waals surface area contributed by atoms with E-state index >= 15 is 0 Å². The molecule has 0 aromatic heterocycles. The molecule has 1 aliphatic rings. The van der Waals surface area contributed by atoms with Gasteiger partial charge in [-0.05, 0) is 52.9 Å². The van der Waals surface area contributed by atoms with Crippen molar-refractivity contribution in [2.75, 3.05) is 12.4 Å². The summed E-state index contributed by atoms with van der Waals surface area (Å²) in [5, 5.41) is 0. The molecule has 0 saturated carbocycles. The van der Waals surface area contributed by atoms with Gasteiger partial charge in [0.1, 0.15) is 5.60 Å². The fraction of sp³-hybridized carbons (Fsp3) is 0.923. The van der Waals surface area contributed by atoms with Crippen molar-refractivity contribution in [1.29, 1.82) is 0 Å². The number of rotatable bonds is 3. The zero-order valence-electron chi connectivity index (χ0n) is 11.2. The second-order valence-corrected chi connectivity index (χ2v) is 6.03. The quantitative estimate of drug-likeness (QED) is 0.724. The highest BCUT2D eigenvalue weighted by atomic mass is 35.5. The van der Waals surface area contributed by atoms with Crippen molar-refractivity contribution in [3.63, 3.8) is 0 Å². The summed E-state index contributed by atoms with van der Waals surface area (Å²) in [7, 11) is 0. The van der Waals surface area contributed by atoms with Gasteiger partial charge in [-0.15, -0.1) is 11.6 Å². The maximum Gasteiger partial charge on any atom is 0.410 e. The number of likely N-dealkylation sites (tertiary alicyclic amines) is 1. The summed E-state index contributed by atoms with van der Waals surface area (Å²) in [6.45, 7) is 6.54. The first-order valence-corrected chi connectivity index (χ1v) is 7.03. The molecule has 1 saturated heterocycles. The monoisotopic (exact) mass is 261 g/mol. The predicted molar refractivity (Wildman–Crippen MR) is 70.5 cm³/mol. The Morgan fingerprint density at radius 3 is 2.71 bits per heavy atom. The molecule has 17 heavy (non-hydrogen) atoms. The van der Waals surface area contributed by atoms with Crippen molar-refractivity contribution in [3.05, 3.63) is 0 Å². The first kappa shape index (κ1) is 14.6. The Labute approximate surface area is 109 Å². The number of alkyl halides is 1. The Kier molecular flexibility index (Phi) is 5.57. The molecule has 0 aromatic carbocycles. The van der Waals surface area contributed by atoms with E-state index in [9.17, 15) is 4.79 Å². The number of carbonyl (C=O) groups is 1. The van der Waals surface area contributed by atoms with Crippen molar-refractivity contribution < 1.29 is 9.53 Å². The van der Waals surface area contributed by atoms with Crippen LogP contribution >= 0.6 is 11.6 Å². The fourth-order valence-corrected chi connectivity index (χ4v) is 2.33. The van der Waals surface area contributed by atoms with Crippen LogP contribution in [0.4, 0.5) is 4.79 Å². The number of carbonyl (C=O) groups excluding carboxylic acids is 1. The average Bonchev–Trinajstić information content (AvgIpc) is 2.24. The van der Waals surface area contributed by atoms with Crippen LogP contribution in [-0.4, -0.2) is 35.1 Å². The third kappa shape index (κ3) is 5.15.